The predicted molar refractivity (Wildman–Crippen MR) is 98.3 cm³/mol. The molecule has 0 spiro atoms. The van der Waals surface area contributed by atoms with Crippen LogP contribution in [0.2, 0.25) is 0 Å². The molecule has 4 aromatic rings. The van der Waals surface area contributed by atoms with Gasteiger partial charge < -0.3 is 5.32 Å². The van der Waals surface area contributed by atoms with Crippen LogP contribution in [0, 0.1) is 17.0 Å². The Bertz CT molecular complexity index is 1120. The molecular formula is C18H16N6O2. The number of nitrogens with one attached hydrogen (secondary N) is 1. The van der Waals surface area contributed by atoms with E-state index in [0.717, 1.165) is 28.2 Å². The Kier molecular flexibility index (Phi) is 3.92. The number of anilines is 1. The molecule has 0 unspecified atom stereocenters. The summed E-state index contributed by atoms with van der Waals surface area (Å²) in [6.45, 7) is 2.45. The minimum atomic E-state index is -0.402. The number of hydrogen-bond acceptors (Lipinski definition) is 6. The molecule has 0 saturated carbocycles. The average molecular weight is 348 g/mol. The summed E-state index contributed by atoms with van der Waals surface area (Å²) in [4.78, 5) is 15.2. The highest BCUT2D eigenvalue weighted by atomic mass is 16.6. The molecule has 0 aliphatic heterocycles. The number of nitro benzene ring substituents is 1. The van der Waals surface area contributed by atoms with E-state index >= 15 is 0 Å². The second-order valence-corrected chi connectivity index (χ2v) is 5.96. The lowest BCUT2D eigenvalue weighted by Crippen LogP contribution is -2.08. The van der Waals surface area contributed by atoms with Gasteiger partial charge in [-0.15, -0.1) is 10.2 Å². The summed E-state index contributed by atoms with van der Waals surface area (Å²) in [5, 5.41) is 23.7. The molecule has 0 amide bonds. The van der Waals surface area contributed by atoms with E-state index in [4.69, 9.17) is 0 Å². The summed E-state index contributed by atoms with van der Waals surface area (Å²) in [6, 6.07) is 12.6. The van der Waals surface area contributed by atoms with Crippen LogP contribution in [0.1, 0.15) is 11.5 Å². The van der Waals surface area contributed by atoms with Crippen molar-refractivity contribution in [2.45, 2.75) is 13.3 Å². The van der Waals surface area contributed by atoms with Gasteiger partial charge in [0.1, 0.15) is 5.82 Å². The second-order valence-electron chi connectivity index (χ2n) is 5.96. The Hall–Kier alpha value is -3.55. The molecule has 0 aliphatic rings. The fraction of sp³-hybridized carbons (Fsp3) is 0.167. The Morgan fingerprint density at radius 3 is 2.92 bits per heavy atom. The molecule has 1 aromatic carbocycles. The minimum Gasteiger partial charge on any atom is -0.384 e. The predicted octanol–water partition coefficient (Wildman–Crippen LogP) is 3.15. The highest BCUT2D eigenvalue weighted by Gasteiger charge is 2.15. The molecule has 0 fully saturated rings. The maximum atomic E-state index is 11.3. The fourth-order valence-electron chi connectivity index (χ4n) is 3.03. The van der Waals surface area contributed by atoms with Crippen molar-refractivity contribution < 1.29 is 4.92 Å². The van der Waals surface area contributed by atoms with Crippen molar-refractivity contribution in [3.63, 3.8) is 0 Å². The molecule has 8 heteroatoms. The van der Waals surface area contributed by atoms with E-state index < -0.39 is 4.92 Å². The third kappa shape index (κ3) is 2.81. The first kappa shape index (κ1) is 15.9. The zero-order valence-electron chi connectivity index (χ0n) is 14.1. The Morgan fingerprint density at radius 2 is 2.08 bits per heavy atom. The van der Waals surface area contributed by atoms with E-state index in [2.05, 4.69) is 20.5 Å². The third-order valence-electron chi connectivity index (χ3n) is 4.19. The Labute approximate surface area is 148 Å². The van der Waals surface area contributed by atoms with E-state index in [1.807, 2.05) is 47.9 Å². The van der Waals surface area contributed by atoms with Crippen LogP contribution < -0.4 is 5.32 Å². The number of nitro groups is 1. The zero-order valence-corrected chi connectivity index (χ0v) is 14.1. The number of aryl methyl sites for hydroxylation is 1. The van der Waals surface area contributed by atoms with Gasteiger partial charge in [0.05, 0.1) is 4.92 Å². The Balaban J connectivity index is 1.61. The zero-order chi connectivity index (χ0) is 18.1. The van der Waals surface area contributed by atoms with Crippen molar-refractivity contribution in [1.29, 1.82) is 0 Å². The van der Waals surface area contributed by atoms with Crippen molar-refractivity contribution in [2.24, 2.45) is 0 Å². The maximum absolute atomic E-state index is 11.3. The van der Waals surface area contributed by atoms with Gasteiger partial charge in [-0.3, -0.25) is 14.5 Å². The van der Waals surface area contributed by atoms with Crippen LogP contribution in [0.5, 0.6) is 0 Å². The summed E-state index contributed by atoms with van der Waals surface area (Å²) in [6.07, 6.45) is 2.60. The highest BCUT2D eigenvalue weighted by Crippen LogP contribution is 2.29. The molecule has 8 nitrogen and oxygen atoms in total. The van der Waals surface area contributed by atoms with Crippen molar-refractivity contribution in [3.05, 3.63) is 70.3 Å². The van der Waals surface area contributed by atoms with E-state index in [1.165, 1.54) is 6.07 Å². The first-order valence-electron chi connectivity index (χ1n) is 8.21. The van der Waals surface area contributed by atoms with Gasteiger partial charge in [-0.2, -0.15) is 0 Å². The van der Waals surface area contributed by atoms with Crippen LogP contribution >= 0.6 is 0 Å². The number of pyridine rings is 2. The molecule has 26 heavy (non-hydrogen) atoms. The molecule has 0 bridgehead atoms. The van der Waals surface area contributed by atoms with Crippen LogP contribution in [0.25, 0.3) is 16.6 Å². The summed E-state index contributed by atoms with van der Waals surface area (Å²) in [7, 11) is 0. The van der Waals surface area contributed by atoms with E-state index in [-0.39, 0.29) is 5.69 Å². The number of aromatic nitrogens is 4. The average Bonchev–Trinajstić information content (AvgIpc) is 3.04. The van der Waals surface area contributed by atoms with Crippen molar-refractivity contribution in [1.82, 2.24) is 19.6 Å². The summed E-state index contributed by atoms with van der Waals surface area (Å²) >= 11 is 0. The van der Waals surface area contributed by atoms with Crippen LogP contribution in [-0.2, 0) is 6.42 Å². The number of hydrogen-bond donors (Lipinski definition) is 1. The molecule has 4 rings (SSSR count). The molecule has 130 valence electrons. The summed E-state index contributed by atoms with van der Waals surface area (Å²) in [5.74, 6) is 0.856. The monoisotopic (exact) mass is 348 g/mol. The summed E-state index contributed by atoms with van der Waals surface area (Å²) < 4.78 is 1.95. The Morgan fingerprint density at radius 1 is 1.19 bits per heavy atom. The lowest BCUT2D eigenvalue weighted by Gasteiger charge is -2.10. The van der Waals surface area contributed by atoms with Crippen LogP contribution in [0.15, 0.2) is 48.7 Å². The van der Waals surface area contributed by atoms with Crippen LogP contribution in [-0.4, -0.2) is 31.1 Å². The minimum absolute atomic E-state index is 0.0118. The molecule has 0 radical (unpaired) electrons. The standard InChI is InChI=1S/C18H16N6O2/c1-12-11-14(13-5-4-6-15(24(25)26)18(13)20-12)19-9-8-17-22-21-16-7-2-3-10-23(16)17/h2-7,10-11H,8-9H2,1H3,(H,19,20). The van der Waals surface area contributed by atoms with Gasteiger partial charge in [0.2, 0.25) is 0 Å². The van der Waals surface area contributed by atoms with Crippen molar-refractivity contribution in [3.8, 4) is 0 Å². The molecular weight excluding hydrogens is 332 g/mol. The number of para-hydroxylation sites is 1. The topological polar surface area (TPSA) is 98.2 Å². The summed E-state index contributed by atoms with van der Waals surface area (Å²) in [5.41, 5.74) is 2.77. The molecule has 3 aromatic heterocycles. The van der Waals surface area contributed by atoms with Crippen LogP contribution in [0.4, 0.5) is 11.4 Å². The third-order valence-corrected chi connectivity index (χ3v) is 4.19. The normalized spacial score (nSPS) is 11.1. The van der Waals surface area contributed by atoms with E-state index in [1.54, 1.807) is 6.07 Å². The smallest absolute Gasteiger partial charge is 0.295 e. The lowest BCUT2D eigenvalue weighted by molar-refractivity contribution is -0.383. The molecule has 0 aliphatic carbocycles. The lowest BCUT2D eigenvalue weighted by atomic mass is 10.1. The van der Waals surface area contributed by atoms with Gasteiger partial charge in [0.25, 0.3) is 5.69 Å². The van der Waals surface area contributed by atoms with Gasteiger partial charge in [-0.05, 0) is 25.1 Å². The first-order chi connectivity index (χ1) is 12.6. The quantitative estimate of drug-likeness (QED) is 0.439. The number of rotatable bonds is 5. The van der Waals surface area contributed by atoms with Crippen molar-refractivity contribution in [2.75, 3.05) is 11.9 Å². The molecule has 0 saturated heterocycles. The molecule has 3 heterocycles. The largest absolute Gasteiger partial charge is 0.384 e. The second kappa shape index (κ2) is 6.40. The number of fused-ring (bicyclic) bond motifs is 2. The van der Waals surface area contributed by atoms with Gasteiger partial charge in [-0.25, -0.2) is 4.98 Å². The van der Waals surface area contributed by atoms with E-state index in [0.29, 0.717) is 18.5 Å². The van der Waals surface area contributed by atoms with E-state index in [9.17, 15) is 10.1 Å². The number of non-ortho nitro benzene ring substituents is 1. The molecule has 0 atom stereocenters. The van der Waals surface area contributed by atoms with Crippen molar-refractivity contribution >= 4 is 27.9 Å². The number of benzene rings is 1. The molecule has 1 N–H and O–H groups in total. The number of nitrogens with zero attached hydrogens (tertiary/aromatic N) is 5. The maximum Gasteiger partial charge on any atom is 0.295 e. The van der Waals surface area contributed by atoms with Gasteiger partial charge >= 0.3 is 0 Å². The highest BCUT2D eigenvalue weighted by molar-refractivity contribution is 5.96. The van der Waals surface area contributed by atoms with Crippen LogP contribution in [0.3, 0.4) is 0 Å². The first-order valence-corrected chi connectivity index (χ1v) is 8.21. The van der Waals surface area contributed by atoms with Gasteiger partial charge in [-0.1, -0.05) is 18.2 Å². The van der Waals surface area contributed by atoms with Gasteiger partial charge in [0, 0.05) is 42.0 Å². The van der Waals surface area contributed by atoms with Gasteiger partial charge in [0.15, 0.2) is 11.2 Å². The fourth-order valence-corrected chi connectivity index (χ4v) is 3.03. The SMILES string of the molecule is Cc1cc(NCCc2nnc3ccccn23)c2cccc([N+](=O)[O-])c2n1.